The van der Waals surface area contributed by atoms with Crippen LogP contribution in [0.5, 0.6) is 0 Å². The molecule has 0 aromatic carbocycles. The van der Waals surface area contributed by atoms with Gasteiger partial charge in [-0.15, -0.1) is 0 Å². The van der Waals surface area contributed by atoms with E-state index in [-0.39, 0.29) is 12.5 Å². The van der Waals surface area contributed by atoms with Gasteiger partial charge in [-0.25, -0.2) is 4.79 Å². The summed E-state index contributed by atoms with van der Waals surface area (Å²) < 4.78 is 38.7. The van der Waals surface area contributed by atoms with E-state index in [9.17, 15) is 18.0 Å². The molecule has 1 aromatic heterocycles. The van der Waals surface area contributed by atoms with E-state index < -0.39 is 12.1 Å². The van der Waals surface area contributed by atoms with Crippen molar-refractivity contribution in [2.24, 2.45) is 5.92 Å². The molecule has 3 rings (SSSR count). The zero-order valence-electron chi connectivity index (χ0n) is 16.3. The van der Waals surface area contributed by atoms with Crippen LogP contribution in [-0.2, 0) is 20.9 Å². The van der Waals surface area contributed by atoms with Crippen LogP contribution in [0.2, 0.25) is 0 Å². The van der Waals surface area contributed by atoms with E-state index in [4.69, 9.17) is 14.6 Å². The Morgan fingerprint density at radius 3 is 2.62 bits per heavy atom. The number of fused-ring (bicyclic) bond motifs is 1. The summed E-state index contributed by atoms with van der Waals surface area (Å²) in [6.45, 7) is 4.04. The van der Waals surface area contributed by atoms with Gasteiger partial charge in [-0.05, 0) is 31.2 Å². The van der Waals surface area contributed by atoms with Gasteiger partial charge in [0.2, 0.25) is 5.91 Å². The number of carboxylic acid groups (broad SMARTS) is 1. The number of hydrogen-bond donors (Lipinski definition) is 2. The maximum absolute atomic E-state index is 11.5. The maximum Gasteiger partial charge on any atom is 0.490 e. The number of hydrogen-bond acceptors (Lipinski definition) is 5. The lowest BCUT2D eigenvalue weighted by Gasteiger charge is -2.38. The van der Waals surface area contributed by atoms with Crippen molar-refractivity contribution in [1.29, 1.82) is 0 Å². The van der Waals surface area contributed by atoms with Gasteiger partial charge in [0.1, 0.15) is 6.61 Å². The predicted molar refractivity (Wildman–Crippen MR) is 97.1 cm³/mol. The second kappa shape index (κ2) is 10.6. The Morgan fingerprint density at radius 1 is 1.38 bits per heavy atom. The Bertz CT molecular complexity index is 676. The molecule has 2 aliphatic rings. The lowest BCUT2D eigenvalue weighted by molar-refractivity contribution is -0.192. The van der Waals surface area contributed by atoms with Gasteiger partial charge in [0, 0.05) is 39.5 Å². The van der Waals surface area contributed by atoms with Gasteiger partial charge in [-0.3, -0.25) is 14.4 Å². The zero-order chi connectivity index (χ0) is 21.4. The minimum Gasteiger partial charge on any atom is -0.475 e. The molecular formula is C18H27F3N4O4. The fourth-order valence-electron chi connectivity index (χ4n) is 3.42. The average molecular weight is 420 g/mol. The third-order valence-electron chi connectivity index (χ3n) is 5.01. The average Bonchev–Trinajstić information content (AvgIpc) is 3.07. The number of halogens is 3. The predicted octanol–water partition coefficient (Wildman–Crippen LogP) is 1.83. The van der Waals surface area contributed by atoms with Crippen LogP contribution in [0, 0.1) is 5.92 Å². The number of nitrogens with zero attached hydrogens (tertiary/aromatic N) is 3. The second-order valence-corrected chi connectivity index (χ2v) is 7.29. The molecule has 0 radical (unpaired) electrons. The van der Waals surface area contributed by atoms with Crippen molar-refractivity contribution in [1.82, 2.24) is 20.0 Å². The van der Waals surface area contributed by atoms with Gasteiger partial charge in [0.05, 0.1) is 11.7 Å². The van der Waals surface area contributed by atoms with Crippen LogP contribution < -0.4 is 5.32 Å². The minimum atomic E-state index is -5.08. The monoisotopic (exact) mass is 420 g/mol. The number of methoxy groups -OCH3 is 1. The highest BCUT2D eigenvalue weighted by atomic mass is 19.4. The van der Waals surface area contributed by atoms with Crippen LogP contribution >= 0.6 is 0 Å². The molecule has 1 fully saturated rings. The van der Waals surface area contributed by atoms with E-state index in [1.54, 1.807) is 0 Å². The van der Waals surface area contributed by atoms with Gasteiger partial charge >= 0.3 is 12.1 Å². The first-order valence-electron chi connectivity index (χ1n) is 9.51. The number of amides is 1. The SMILES string of the molecule is COCC(=O)NCCC1CN(CC2CCC2)Cc2ccnn21.O=C(O)C(F)(F)F. The Kier molecular flexibility index (Phi) is 8.45. The van der Waals surface area contributed by atoms with Crippen molar-refractivity contribution < 1.29 is 32.6 Å². The summed E-state index contributed by atoms with van der Waals surface area (Å²) in [5.74, 6) is -1.92. The Hall–Kier alpha value is -2.14. The molecule has 0 saturated heterocycles. The number of alkyl halides is 3. The Labute approximate surface area is 167 Å². The number of carbonyl (C=O) groups is 2. The highest BCUT2D eigenvalue weighted by Crippen LogP contribution is 2.30. The molecule has 0 spiro atoms. The Balaban J connectivity index is 0.000000370. The number of ether oxygens (including phenoxy) is 1. The molecular weight excluding hydrogens is 393 g/mol. The normalized spacial score (nSPS) is 19.5. The molecule has 11 heteroatoms. The first-order chi connectivity index (χ1) is 13.7. The van der Waals surface area contributed by atoms with Crippen LogP contribution in [0.15, 0.2) is 12.3 Å². The van der Waals surface area contributed by atoms with Crippen LogP contribution in [0.3, 0.4) is 0 Å². The first kappa shape index (κ1) is 23.1. The largest absolute Gasteiger partial charge is 0.490 e. The molecule has 0 bridgehead atoms. The van der Waals surface area contributed by atoms with Crippen molar-refractivity contribution in [3.63, 3.8) is 0 Å². The number of aromatic nitrogens is 2. The second-order valence-electron chi connectivity index (χ2n) is 7.29. The number of aliphatic carboxylic acids is 1. The third kappa shape index (κ3) is 7.32. The summed E-state index contributed by atoms with van der Waals surface area (Å²) >= 11 is 0. The summed E-state index contributed by atoms with van der Waals surface area (Å²) in [6.07, 6.45) is 1.87. The molecule has 1 amide bonds. The fraction of sp³-hybridized carbons (Fsp3) is 0.722. The van der Waals surface area contributed by atoms with Gasteiger partial charge in [-0.1, -0.05) is 6.42 Å². The number of rotatable bonds is 7. The Morgan fingerprint density at radius 2 is 2.07 bits per heavy atom. The van der Waals surface area contributed by atoms with E-state index in [1.807, 2.05) is 6.20 Å². The van der Waals surface area contributed by atoms with Gasteiger partial charge in [-0.2, -0.15) is 18.3 Å². The molecule has 8 nitrogen and oxygen atoms in total. The van der Waals surface area contributed by atoms with E-state index in [0.29, 0.717) is 12.6 Å². The third-order valence-corrected chi connectivity index (χ3v) is 5.01. The van der Waals surface area contributed by atoms with E-state index >= 15 is 0 Å². The quantitative estimate of drug-likeness (QED) is 0.699. The van der Waals surface area contributed by atoms with Crippen molar-refractivity contribution in [2.45, 2.75) is 44.4 Å². The van der Waals surface area contributed by atoms with Crippen LogP contribution in [0.25, 0.3) is 0 Å². The molecule has 164 valence electrons. The minimum absolute atomic E-state index is 0.0506. The zero-order valence-corrected chi connectivity index (χ0v) is 16.3. The van der Waals surface area contributed by atoms with E-state index in [1.165, 1.54) is 38.6 Å². The highest BCUT2D eigenvalue weighted by molar-refractivity contribution is 5.77. The van der Waals surface area contributed by atoms with Crippen LogP contribution in [0.1, 0.15) is 37.4 Å². The van der Waals surface area contributed by atoms with Crippen molar-refractivity contribution >= 4 is 11.9 Å². The first-order valence-corrected chi connectivity index (χ1v) is 9.51. The number of nitrogens with one attached hydrogen (secondary N) is 1. The fourth-order valence-corrected chi connectivity index (χ4v) is 3.42. The van der Waals surface area contributed by atoms with Gasteiger partial charge in [0.15, 0.2) is 0 Å². The number of carboxylic acids is 1. The topological polar surface area (TPSA) is 96.7 Å². The lowest BCUT2D eigenvalue weighted by atomic mass is 9.85. The molecule has 1 aliphatic carbocycles. The molecule has 1 saturated carbocycles. The van der Waals surface area contributed by atoms with Gasteiger partial charge < -0.3 is 15.2 Å². The summed E-state index contributed by atoms with van der Waals surface area (Å²) in [7, 11) is 1.54. The van der Waals surface area contributed by atoms with Crippen LogP contribution in [-0.4, -0.2) is 71.2 Å². The van der Waals surface area contributed by atoms with Crippen molar-refractivity contribution in [3.05, 3.63) is 18.0 Å². The summed E-state index contributed by atoms with van der Waals surface area (Å²) in [5, 5.41) is 14.5. The highest BCUT2D eigenvalue weighted by Gasteiger charge is 2.38. The van der Waals surface area contributed by atoms with Gasteiger partial charge in [0.25, 0.3) is 0 Å². The molecule has 29 heavy (non-hydrogen) atoms. The molecule has 1 unspecified atom stereocenters. The molecule has 2 heterocycles. The molecule has 2 N–H and O–H groups in total. The number of carbonyl (C=O) groups excluding carboxylic acids is 1. The summed E-state index contributed by atoms with van der Waals surface area (Å²) in [5.41, 5.74) is 1.29. The van der Waals surface area contributed by atoms with Crippen molar-refractivity contribution in [3.8, 4) is 0 Å². The molecule has 1 atom stereocenters. The lowest BCUT2D eigenvalue weighted by Crippen LogP contribution is -2.42. The van der Waals surface area contributed by atoms with Crippen molar-refractivity contribution in [2.75, 3.05) is 33.4 Å². The smallest absolute Gasteiger partial charge is 0.475 e. The summed E-state index contributed by atoms with van der Waals surface area (Å²) in [6, 6.07) is 2.46. The maximum atomic E-state index is 11.5. The standard InChI is InChI=1S/C16H26N4O2.C2HF3O2/c1-22-12-16(21)17-7-5-14-10-19(9-13-3-2-4-13)11-15-6-8-18-20(14)15;3-2(4,5)1(6)7/h6,8,13-14H,2-5,7,9-12H2,1H3,(H,17,21);(H,6,7). The van der Waals surface area contributed by atoms with Crippen LogP contribution in [0.4, 0.5) is 13.2 Å². The van der Waals surface area contributed by atoms with E-state index in [2.05, 4.69) is 26.1 Å². The van der Waals surface area contributed by atoms with E-state index in [0.717, 1.165) is 25.4 Å². The molecule has 1 aromatic rings. The molecule has 1 aliphatic heterocycles. The summed E-state index contributed by atoms with van der Waals surface area (Å²) in [4.78, 5) is 22.9.